The molecule has 8 heteroatoms. The Morgan fingerprint density at radius 1 is 1.33 bits per heavy atom. The van der Waals surface area contributed by atoms with Crippen LogP contribution in [0.25, 0.3) is 0 Å². The van der Waals surface area contributed by atoms with Gasteiger partial charge in [-0.05, 0) is 18.9 Å². The van der Waals surface area contributed by atoms with Crippen LogP contribution in [-0.2, 0) is 4.79 Å². The van der Waals surface area contributed by atoms with Crippen molar-refractivity contribution in [1.82, 2.24) is 20.1 Å². The second-order valence-electron chi connectivity index (χ2n) is 6.03. The van der Waals surface area contributed by atoms with Crippen LogP contribution in [0.1, 0.15) is 36.9 Å². The number of para-hydroxylation sites is 1. The minimum absolute atomic E-state index is 0.00517. The Bertz CT molecular complexity index is 759. The van der Waals surface area contributed by atoms with Gasteiger partial charge < -0.3 is 15.8 Å². The molecule has 2 aliphatic rings. The third-order valence-electron chi connectivity index (χ3n) is 4.23. The van der Waals surface area contributed by atoms with E-state index >= 15 is 0 Å². The predicted octanol–water partition coefficient (Wildman–Crippen LogP) is 1.93. The summed E-state index contributed by atoms with van der Waals surface area (Å²) in [4.78, 5) is 12.3. The highest BCUT2D eigenvalue weighted by Crippen LogP contribution is 2.39. The van der Waals surface area contributed by atoms with Crippen LogP contribution in [0, 0.1) is 0 Å². The lowest BCUT2D eigenvalue weighted by atomic mass is 10.0. The molecule has 1 aliphatic carbocycles. The molecule has 7 nitrogen and oxygen atoms in total. The number of benzene rings is 1. The molecule has 1 atom stereocenters. The largest absolute Gasteiger partial charge is 0.493 e. The van der Waals surface area contributed by atoms with Crippen molar-refractivity contribution < 1.29 is 9.53 Å². The van der Waals surface area contributed by atoms with E-state index in [1.54, 1.807) is 0 Å². The summed E-state index contributed by atoms with van der Waals surface area (Å²) in [5.41, 5.74) is 6.89. The number of ether oxygens (including phenoxy) is 1. The fourth-order valence-electron chi connectivity index (χ4n) is 2.92. The molecule has 3 N–H and O–H groups in total. The molecule has 1 aliphatic heterocycles. The number of thioether (sulfide) groups is 1. The molecule has 1 aromatic heterocycles. The molecule has 1 saturated carbocycles. The van der Waals surface area contributed by atoms with Crippen molar-refractivity contribution >= 4 is 23.6 Å². The van der Waals surface area contributed by atoms with E-state index in [9.17, 15) is 4.79 Å². The molecule has 0 bridgehead atoms. The van der Waals surface area contributed by atoms with E-state index in [-0.39, 0.29) is 11.9 Å². The molecule has 0 saturated heterocycles. The second-order valence-corrected chi connectivity index (χ2v) is 6.97. The maximum absolute atomic E-state index is 12.3. The summed E-state index contributed by atoms with van der Waals surface area (Å²) in [5, 5.41) is 11.8. The van der Waals surface area contributed by atoms with E-state index in [0.29, 0.717) is 24.3 Å². The summed E-state index contributed by atoms with van der Waals surface area (Å²) in [7, 11) is 0. The third-order valence-corrected chi connectivity index (χ3v) is 5.17. The van der Waals surface area contributed by atoms with Crippen LogP contribution in [0.2, 0.25) is 0 Å². The lowest BCUT2D eigenvalue weighted by molar-refractivity contribution is -0.119. The minimum Gasteiger partial charge on any atom is -0.493 e. The topological polar surface area (TPSA) is 95.1 Å². The van der Waals surface area contributed by atoms with Gasteiger partial charge in [-0.2, -0.15) is 0 Å². The van der Waals surface area contributed by atoms with Crippen molar-refractivity contribution in [2.75, 3.05) is 18.1 Å². The average Bonchev–Trinajstić information content (AvgIpc) is 3.36. The Labute approximate surface area is 144 Å². The molecule has 4 rings (SSSR count). The standard InChI is InChI=1S/C16H19N5O2S/c17-15-19-20-16(21(15)10-5-6-10)24-9-14(22)18-12-7-8-23-13-4-2-1-3-11(12)13/h1-4,10,12H,5-9H2,(H2,17,19)(H,18,22). The number of nitrogen functional groups attached to an aromatic ring is 1. The summed E-state index contributed by atoms with van der Waals surface area (Å²) in [6.07, 6.45) is 2.97. The monoisotopic (exact) mass is 345 g/mol. The predicted molar refractivity (Wildman–Crippen MR) is 90.9 cm³/mol. The van der Waals surface area contributed by atoms with Crippen LogP contribution in [0.5, 0.6) is 5.75 Å². The van der Waals surface area contributed by atoms with Gasteiger partial charge in [-0.25, -0.2) is 0 Å². The number of rotatable bonds is 5. The van der Waals surface area contributed by atoms with Crippen molar-refractivity contribution in [2.45, 2.75) is 36.5 Å². The number of hydrogen-bond donors (Lipinski definition) is 2. The van der Waals surface area contributed by atoms with Crippen molar-refractivity contribution in [3.8, 4) is 5.75 Å². The molecule has 2 aromatic rings. The zero-order valence-electron chi connectivity index (χ0n) is 13.1. The Morgan fingerprint density at radius 3 is 3.00 bits per heavy atom. The van der Waals surface area contributed by atoms with E-state index in [0.717, 1.165) is 35.7 Å². The molecular weight excluding hydrogens is 326 g/mol. The maximum atomic E-state index is 12.3. The highest BCUT2D eigenvalue weighted by atomic mass is 32.2. The summed E-state index contributed by atoms with van der Waals surface area (Å²) < 4.78 is 7.56. The van der Waals surface area contributed by atoms with E-state index in [1.165, 1.54) is 11.8 Å². The fourth-order valence-corrected chi connectivity index (χ4v) is 3.74. The number of hydrogen-bond acceptors (Lipinski definition) is 6. The number of nitrogens with two attached hydrogens (primary N) is 1. The molecule has 126 valence electrons. The Morgan fingerprint density at radius 2 is 2.17 bits per heavy atom. The summed E-state index contributed by atoms with van der Waals surface area (Å²) in [6.45, 7) is 0.613. The van der Waals surface area contributed by atoms with Crippen LogP contribution >= 0.6 is 11.8 Å². The summed E-state index contributed by atoms with van der Waals surface area (Å²) in [6, 6.07) is 8.22. The molecule has 1 unspecified atom stereocenters. The second kappa shape index (κ2) is 6.35. The normalized spacial score (nSPS) is 19.4. The Balaban J connectivity index is 1.38. The highest BCUT2D eigenvalue weighted by molar-refractivity contribution is 7.99. The van der Waals surface area contributed by atoms with Crippen molar-refractivity contribution in [3.05, 3.63) is 29.8 Å². The van der Waals surface area contributed by atoms with Gasteiger partial charge in [0, 0.05) is 18.0 Å². The maximum Gasteiger partial charge on any atom is 0.230 e. The van der Waals surface area contributed by atoms with Crippen LogP contribution in [0.15, 0.2) is 29.4 Å². The number of carbonyl (C=O) groups is 1. The highest BCUT2D eigenvalue weighted by Gasteiger charge is 2.29. The van der Waals surface area contributed by atoms with Crippen molar-refractivity contribution in [1.29, 1.82) is 0 Å². The first-order valence-corrected chi connectivity index (χ1v) is 9.05. The van der Waals surface area contributed by atoms with Gasteiger partial charge in [-0.1, -0.05) is 30.0 Å². The number of nitrogens with zero attached hydrogens (tertiary/aromatic N) is 3. The van der Waals surface area contributed by atoms with Gasteiger partial charge in [-0.3, -0.25) is 9.36 Å². The molecule has 2 heterocycles. The zero-order valence-corrected chi connectivity index (χ0v) is 14.0. The Kier molecular flexibility index (Phi) is 4.05. The molecule has 0 spiro atoms. The lowest BCUT2D eigenvalue weighted by Crippen LogP contribution is -2.33. The van der Waals surface area contributed by atoms with E-state index < -0.39 is 0 Å². The number of carbonyl (C=O) groups excluding carboxylic acids is 1. The third kappa shape index (κ3) is 3.06. The number of anilines is 1. The fraction of sp³-hybridized carbons (Fsp3) is 0.438. The molecule has 1 amide bonds. The lowest BCUT2D eigenvalue weighted by Gasteiger charge is -2.26. The smallest absolute Gasteiger partial charge is 0.230 e. The SMILES string of the molecule is Nc1nnc(SCC(=O)NC2CCOc3ccccc32)n1C1CC1. The zero-order chi connectivity index (χ0) is 16.5. The van der Waals surface area contributed by atoms with Crippen molar-refractivity contribution in [3.63, 3.8) is 0 Å². The Hall–Kier alpha value is -2.22. The van der Waals surface area contributed by atoms with Crippen LogP contribution < -0.4 is 15.8 Å². The molecule has 0 radical (unpaired) electrons. The van der Waals surface area contributed by atoms with Gasteiger partial charge >= 0.3 is 0 Å². The van der Waals surface area contributed by atoms with Gasteiger partial charge in [0.1, 0.15) is 5.75 Å². The van der Waals surface area contributed by atoms with Gasteiger partial charge in [0.25, 0.3) is 0 Å². The first-order valence-electron chi connectivity index (χ1n) is 8.06. The summed E-state index contributed by atoms with van der Waals surface area (Å²) in [5.74, 6) is 1.55. The minimum atomic E-state index is -0.0226. The van der Waals surface area contributed by atoms with Crippen LogP contribution in [0.4, 0.5) is 5.95 Å². The van der Waals surface area contributed by atoms with Crippen molar-refractivity contribution in [2.24, 2.45) is 0 Å². The molecule has 1 aromatic carbocycles. The van der Waals surface area contributed by atoms with Gasteiger partial charge in [0.05, 0.1) is 18.4 Å². The number of aromatic nitrogens is 3. The molecular formula is C16H19N5O2S. The number of nitrogens with one attached hydrogen (secondary N) is 1. The molecule has 24 heavy (non-hydrogen) atoms. The quantitative estimate of drug-likeness (QED) is 0.804. The average molecular weight is 345 g/mol. The number of amides is 1. The summed E-state index contributed by atoms with van der Waals surface area (Å²) >= 11 is 1.38. The first kappa shape index (κ1) is 15.3. The van der Waals surface area contributed by atoms with Gasteiger partial charge in [0.2, 0.25) is 11.9 Å². The van der Waals surface area contributed by atoms with Crippen LogP contribution in [0.3, 0.4) is 0 Å². The van der Waals surface area contributed by atoms with E-state index in [4.69, 9.17) is 10.5 Å². The van der Waals surface area contributed by atoms with Gasteiger partial charge in [-0.15, -0.1) is 10.2 Å². The van der Waals surface area contributed by atoms with E-state index in [2.05, 4.69) is 15.5 Å². The number of fused-ring (bicyclic) bond motifs is 1. The van der Waals surface area contributed by atoms with E-state index in [1.807, 2.05) is 28.8 Å². The van der Waals surface area contributed by atoms with Crippen LogP contribution in [-0.4, -0.2) is 33.0 Å². The first-order chi connectivity index (χ1) is 11.7. The molecule has 1 fully saturated rings. The van der Waals surface area contributed by atoms with Gasteiger partial charge in [0.15, 0.2) is 5.16 Å².